The van der Waals surface area contributed by atoms with Gasteiger partial charge in [-0.2, -0.15) is 0 Å². The van der Waals surface area contributed by atoms with E-state index in [9.17, 15) is 9.18 Å². The number of carbonyl (C=O) groups is 1. The molecule has 1 amide bonds. The standard InChI is InChI=1S/C21H16ClFN4OS/c1-27-10-9-24-19(27)18(14-3-2-4-16(23)11-14)26-20(28)17-12-29-21(25-17)13-5-7-15(22)8-6-13/h2-12,18H,1H3,(H,26,28). The monoisotopic (exact) mass is 426 g/mol. The second-order valence-electron chi connectivity index (χ2n) is 6.40. The van der Waals surface area contributed by atoms with E-state index in [4.69, 9.17) is 11.6 Å². The minimum Gasteiger partial charge on any atom is -0.337 e. The smallest absolute Gasteiger partial charge is 0.271 e. The number of imidazole rings is 1. The fraction of sp³-hybridized carbons (Fsp3) is 0.0952. The predicted molar refractivity (Wildman–Crippen MR) is 111 cm³/mol. The van der Waals surface area contributed by atoms with Crippen molar-refractivity contribution < 1.29 is 9.18 Å². The third-order valence-electron chi connectivity index (χ3n) is 4.40. The number of amides is 1. The molecule has 4 rings (SSSR count). The van der Waals surface area contributed by atoms with Crippen LogP contribution in [0.1, 0.15) is 27.9 Å². The molecule has 0 aliphatic rings. The van der Waals surface area contributed by atoms with Gasteiger partial charge in [0, 0.05) is 35.4 Å². The SMILES string of the molecule is Cn1ccnc1C(NC(=O)c1csc(-c2ccc(Cl)cc2)n1)c1cccc(F)c1. The van der Waals surface area contributed by atoms with Gasteiger partial charge >= 0.3 is 0 Å². The van der Waals surface area contributed by atoms with E-state index in [-0.39, 0.29) is 17.4 Å². The van der Waals surface area contributed by atoms with Crippen LogP contribution in [0.5, 0.6) is 0 Å². The van der Waals surface area contributed by atoms with Crippen LogP contribution < -0.4 is 5.32 Å². The van der Waals surface area contributed by atoms with Crippen LogP contribution in [0.25, 0.3) is 10.6 Å². The van der Waals surface area contributed by atoms with Crippen LogP contribution in [0.15, 0.2) is 66.3 Å². The van der Waals surface area contributed by atoms with Gasteiger partial charge in [0.25, 0.3) is 5.91 Å². The first-order valence-electron chi connectivity index (χ1n) is 8.76. The quantitative estimate of drug-likeness (QED) is 0.496. The molecular weight excluding hydrogens is 411 g/mol. The van der Waals surface area contributed by atoms with Gasteiger partial charge in [-0.3, -0.25) is 4.79 Å². The van der Waals surface area contributed by atoms with E-state index >= 15 is 0 Å². The van der Waals surface area contributed by atoms with E-state index in [0.29, 0.717) is 21.4 Å². The second-order valence-corrected chi connectivity index (χ2v) is 7.70. The van der Waals surface area contributed by atoms with Crippen molar-refractivity contribution in [3.8, 4) is 10.6 Å². The predicted octanol–water partition coefficient (Wildman–Crippen LogP) is 4.86. The Bertz CT molecular complexity index is 1160. The highest BCUT2D eigenvalue weighted by atomic mass is 35.5. The third kappa shape index (κ3) is 4.21. The number of hydrogen-bond acceptors (Lipinski definition) is 4. The van der Waals surface area contributed by atoms with Crippen LogP contribution in [0.4, 0.5) is 4.39 Å². The van der Waals surface area contributed by atoms with Gasteiger partial charge in [0.15, 0.2) is 0 Å². The van der Waals surface area contributed by atoms with Gasteiger partial charge < -0.3 is 9.88 Å². The van der Waals surface area contributed by atoms with E-state index < -0.39 is 6.04 Å². The number of hydrogen-bond donors (Lipinski definition) is 1. The van der Waals surface area contributed by atoms with Crippen molar-refractivity contribution in [2.24, 2.45) is 7.05 Å². The number of halogens is 2. The molecule has 0 saturated carbocycles. The molecule has 1 atom stereocenters. The molecule has 0 saturated heterocycles. The zero-order valence-electron chi connectivity index (χ0n) is 15.3. The summed E-state index contributed by atoms with van der Waals surface area (Å²) >= 11 is 7.29. The number of benzene rings is 2. The van der Waals surface area contributed by atoms with Crippen LogP contribution in [-0.2, 0) is 7.05 Å². The fourth-order valence-corrected chi connectivity index (χ4v) is 3.88. The van der Waals surface area contributed by atoms with Gasteiger partial charge in [0.05, 0.1) is 0 Å². The van der Waals surface area contributed by atoms with Crippen molar-refractivity contribution in [3.05, 3.63) is 94.2 Å². The summed E-state index contributed by atoms with van der Waals surface area (Å²) in [6.07, 6.45) is 3.41. The molecule has 0 aliphatic heterocycles. The van der Waals surface area contributed by atoms with Gasteiger partial charge in [0.1, 0.15) is 28.4 Å². The summed E-state index contributed by atoms with van der Waals surface area (Å²) < 4.78 is 15.6. The lowest BCUT2D eigenvalue weighted by molar-refractivity contribution is 0.0937. The summed E-state index contributed by atoms with van der Waals surface area (Å²) in [6, 6.07) is 12.8. The minimum absolute atomic E-state index is 0.288. The Kier molecular flexibility index (Phi) is 5.42. The maximum Gasteiger partial charge on any atom is 0.271 e. The Hall–Kier alpha value is -3.03. The second kappa shape index (κ2) is 8.14. The maximum atomic E-state index is 13.8. The number of thiazole rings is 1. The summed E-state index contributed by atoms with van der Waals surface area (Å²) in [6.45, 7) is 0. The number of aryl methyl sites for hydroxylation is 1. The molecule has 1 N–H and O–H groups in total. The van der Waals surface area contributed by atoms with Crippen molar-refractivity contribution in [2.75, 3.05) is 0 Å². The first-order valence-corrected chi connectivity index (χ1v) is 10.0. The molecule has 0 bridgehead atoms. The molecular formula is C21H16ClFN4OS. The van der Waals surface area contributed by atoms with E-state index in [0.717, 1.165) is 5.56 Å². The Morgan fingerprint density at radius 1 is 1.24 bits per heavy atom. The highest BCUT2D eigenvalue weighted by Crippen LogP contribution is 2.26. The van der Waals surface area contributed by atoms with Crippen LogP contribution in [-0.4, -0.2) is 20.4 Å². The van der Waals surface area contributed by atoms with Crippen molar-refractivity contribution in [2.45, 2.75) is 6.04 Å². The first-order chi connectivity index (χ1) is 14.0. The minimum atomic E-state index is -0.612. The molecule has 29 heavy (non-hydrogen) atoms. The van der Waals surface area contributed by atoms with Gasteiger partial charge in [-0.25, -0.2) is 14.4 Å². The largest absolute Gasteiger partial charge is 0.337 e. The molecule has 2 heterocycles. The third-order valence-corrected chi connectivity index (χ3v) is 5.55. The molecule has 8 heteroatoms. The highest BCUT2D eigenvalue weighted by molar-refractivity contribution is 7.13. The molecule has 146 valence electrons. The van der Waals surface area contributed by atoms with Crippen molar-refractivity contribution >= 4 is 28.8 Å². The normalized spacial score (nSPS) is 12.0. The zero-order chi connectivity index (χ0) is 20.4. The van der Waals surface area contributed by atoms with Gasteiger partial charge in [-0.1, -0.05) is 35.9 Å². The number of rotatable bonds is 5. The molecule has 0 spiro atoms. The first kappa shape index (κ1) is 19.3. The van der Waals surface area contributed by atoms with Crippen LogP contribution in [0.3, 0.4) is 0 Å². The van der Waals surface area contributed by atoms with E-state index in [2.05, 4.69) is 15.3 Å². The average Bonchev–Trinajstić information content (AvgIpc) is 3.36. The van der Waals surface area contributed by atoms with Crippen LogP contribution in [0, 0.1) is 5.82 Å². The fourth-order valence-electron chi connectivity index (χ4n) is 2.95. The van der Waals surface area contributed by atoms with Crippen LogP contribution in [0.2, 0.25) is 5.02 Å². The van der Waals surface area contributed by atoms with Crippen molar-refractivity contribution in [3.63, 3.8) is 0 Å². The lowest BCUT2D eigenvalue weighted by atomic mass is 10.1. The molecule has 2 aromatic carbocycles. The summed E-state index contributed by atoms with van der Waals surface area (Å²) in [5.74, 6) is -0.148. The van der Waals surface area contributed by atoms with Gasteiger partial charge in [-0.15, -0.1) is 11.3 Å². The molecule has 5 nitrogen and oxygen atoms in total. The lowest BCUT2D eigenvalue weighted by Gasteiger charge is -2.18. The molecule has 0 fully saturated rings. The summed E-state index contributed by atoms with van der Waals surface area (Å²) in [4.78, 5) is 21.7. The number of carbonyl (C=O) groups excluding carboxylic acids is 1. The van der Waals surface area contributed by atoms with E-state index in [1.165, 1.54) is 23.5 Å². The lowest BCUT2D eigenvalue weighted by Crippen LogP contribution is -2.31. The Morgan fingerprint density at radius 2 is 2.03 bits per heavy atom. The summed E-state index contributed by atoms with van der Waals surface area (Å²) in [7, 11) is 1.82. The van der Waals surface area contributed by atoms with E-state index in [1.807, 2.05) is 19.2 Å². The van der Waals surface area contributed by atoms with Gasteiger partial charge in [0.2, 0.25) is 0 Å². The van der Waals surface area contributed by atoms with Crippen molar-refractivity contribution in [1.29, 1.82) is 0 Å². The molecule has 0 radical (unpaired) electrons. The molecule has 0 aliphatic carbocycles. The maximum absolute atomic E-state index is 13.8. The van der Waals surface area contributed by atoms with Crippen LogP contribution >= 0.6 is 22.9 Å². The number of nitrogens with one attached hydrogen (secondary N) is 1. The number of nitrogens with zero attached hydrogens (tertiary/aromatic N) is 3. The Morgan fingerprint density at radius 3 is 2.72 bits per heavy atom. The highest BCUT2D eigenvalue weighted by Gasteiger charge is 2.23. The number of aromatic nitrogens is 3. The zero-order valence-corrected chi connectivity index (χ0v) is 16.9. The Labute approximate surface area is 175 Å². The molecule has 2 aromatic heterocycles. The summed E-state index contributed by atoms with van der Waals surface area (Å²) in [5, 5.41) is 5.97. The summed E-state index contributed by atoms with van der Waals surface area (Å²) in [5.41, 5.74) is 1.76. The van der Waals surface area contributed by atoms with Crippen molar-refractivity contribution in [1.82, 2.24) is 19.9 Å². The average molecular weight is 427 g/mol. The molecule has 1 unspecified atom stereocenters. The Balaban J connectivity index is 1.62. The van der Waals surface area contributed by atoms with Gasteiger partial charge in [-0.05, 0) is 29.8 Å². The topological polar surface area (TPSA) is 59.8 Å². The van der Waals surface area contributed by atoms with E-state index in [1.54, 1.807) is 46.6 Å². The molecule has 4 aromatic rings.